The number of nitrogens with zero attached hydrogens (tertiary/aromatic N) is 2. The third-order valence-corrected chi connectivity index (χ3v) is 4.00. The molecule has 5 nitrogen and oxygen atoms in total. The van der Waals surface area contributed by atoms with Crippen molar-refractivity contribution in [2.24, 2.45) is 0 Å². The molecule has 21 heavy (non-hydrogen) atoms. The molecule has 2 heterocycles. The minimum atomic E-state index is -0.487. The lowest BCUT2D eigenvalue weighted by atomic mass is 10.1. The van der Waals surface area contributed by atoms with Gasteiger partial charge in [0.15, 0.2) is 23.3 Å². The molecule has 0 bridgehead atoms. The molecule has 0 aliphatic carbocycles. The highest BCUT2D eigenvalue weighted by molar-refractivity contribution is 9.10. The lowest BCUT2D eigenvalue weighted by molar-refractivity contribution is 0.0465. The topological polar surface area (TPSA) is 65.2 Å². The predicted molar refractivity (Wildman–Crippen MR) is 79.8 cm³/mol. The molecule has 0 saturated carbocycles. The van der Waals surface area contributed by atoms with E-state index in [-0.39, 0.29) is 12.3 Å². The molecule has 0 fully saturated rings. The van der Waals surface area contributed by atoms with E-state index < -0.39 is 5.97 Å². The maximum absolute atomic E-state index is 12.0. The van der Waals surface area contributed by atoms with Gasteiger partial charge < -0.3 is 9.15 Å². The number of ether oxygens (including phenoxy) is 1. The fourth-order valence-corrected chi connectivity index (χ4v) is 2.30. The van der Waals surface area contributed by atoms with E-state index in [0.29, 0.717) is 11.2 Å². The van der Waals surface area contributed by atoms with Crippen LogP contribution in [0.15, 0.2) is 45.6 Å². The number of halogens is 1. The first-order valence-corrected chi connectivity index (χ1v) is 7.06. The van der Waals surface area contributed by atoms with E-state index in [0.717, 1.165) is 15.6 Å². The Hall–Kier alpha value is -2.21. The maximum Gasteiger partial charge on any atom is 0.357 e. The first-order chi connectivity index (χ1) is 10.1. The minimum Gasteiger partial charge on any atom is -0.456 e. The zero-order chi connectivity index (χ0) is 14.8. The van der Waals surface area contributed by atoms with Crippen LogP contribution in [-0.4, -0.2) is 15.9 Å². The molecule has 1 aromatic carbocycles. The third kappa shape index (κ3) is 2.80. The van der Waals surface area contributed by atoms with Gasteiger partial charge in [0.05, 0.1) is 0 Å². The normalized spacial score (nSPS) is 10.8. The molecule has 0 amide bonds. The van der Waals surface area contributed by atoms with Crippen LogP contribution in [0.5, 0.6) is 0 Å². The van der Waals surface area contributed by atoms with Crippen molar-refractivity contribution in [1.82, 2.24) is 9.97 Å². The summed E-state index contributed by atoms with van der Waals surface area (Å²) in [4.78, 5) is 20.0. The van der Waals surface area contributed by atoms with E-state index in [1.165, 1.54) is 6.39 Å². The molecule has 6 heteroatoms. The van der Waals surface area contributed by atoms with Gasteiger partial charge in [0.1, 0.15) is 6.61 Å². The highest BCUT2D eigenvalue weighted by Gasteiger charge is 2.12. The van der Waals surface area contributed by atoms with Gasteiger partial charge in [0.25, 0.3) is 0 Å². The summed E-state index contributed by atoms with van der Waals surface area (Å²) in [7, 11) is 0. The highest BCUT2D eigenvalue weighted by atomic mass is 79.9. The van der Waals surface area contributed by atoms with Crippen molar-refractivity contribution in [2.75, 3.05) is 0 Å². The number of fused-ring (bicyclic) bond motifs is 1. The van der Waals surface area contributed by atoms with Crippen molar-refractivity contribution < 1.29 is 13.9 Å². The van der Waals surface area contributed by atoms with Gasteiger partial charge in [0.2, 0.25) is 0 Å². The highest BCUT2D eigenvalue weighted by Crippen LogP contribution is 2.20. The van der Waals surface area contributed by atoms with Crippen molar-refractivity contribution in [1.29, 1.82) is 0 Å². The Morgan fingerprint density at radius 1 is 1.33 bits per heavy atom. The summed E-state index contributed by atoms with van der Waals surface area (Å²) in [5.74, 6) is -0.487. The van der Waals surface area contributed by atoms with Crippen molar-refractivity contribution in [3.63, 3.8) is 0 Å². The zero-order valence-corrected chi connectivity index (χ0v) is 12.8. The number of pyridine rings is 1. The second kappa shape index (κ2) is 5.65. The number of carbonyl (C=O) groups excluding carboxylic acids is 1. The lowest BCUT2D eigenvalue weighted by Crippen LogP contribution is -2.08. The fraction of sp³-hybridized carbons (Fsp3) is 0.133. The van der Waals surface area contributed by atoms with E-state index in [9.17, 15) is 4.79 Å². The molecule has 0 atom stereocenters. The Bertz CT molecular complexity index is 814. The molecule has 0 aliphatic heterocycles. The van der Waals surface area contributed by atoms with E-state index in [1.807, 2.05) is 25.1 Å². The standard InChI is InChI=1S/C15H11BrN2O3/c1-9-10(3-2-4-11(9)16)7-20-15(19)12-5-6-13-14(18-12)17-8-21-13/h2-6,8H,7H2,1H3. The number of benzene rings is 1. The minimum absolute atomic E-state index is 0.197. The molecule has 3 rings (SSSR count). The summed E-state index contributed by atoms with van der Waals surface area (Å²) in [6, 6.07) is 8.97. The van der Waals surface area contributed by atoms with Crippen LogP contribution in [0.3, 0.4) is 0 Å². The molecular weight excluding hydrogens is 336 g/mol. The summed E-state index contributed by atoms with van der Waals surface area (Å²) in [5.41, 5.74) is 3.13. The lowest BCUT2D eigenvalue weighted by Gasteiger charge is -2.08. The molecule has 0 saturated heterocycles. The molecule has 106 valence electrons. The number of hydrogen-bond donors (Lipinski definition) is 0. The van der Waals surface area contributed by atoms with Gasteiger partial charge in [-0.2, -0.15) is 4.98 Å². The van der Waals surface area contributed by atoms with Crippen LogP contribution in [0.25, 0.3) is 11.2 Å². The molecule has 0 aliphatic rings. The Labute approximate surface area is 129 Å². The Kier molecular flexibility index (Phi) is 3.70. The van der Waals surface area contributed by atoms with Crippen LogP contribution in [0, 0.1) is 6.92 Å². The Balaban J connectivity index is 1.75. The van der Waals surface area contributed by atoms with Gasteiger partial charge in [-0.1, -0.05) is 28.1 Å². The number of esters is 1. The summed E-state index contributed by atoms with van der Waals surface area (Å²) in [6.07, 6.45) is 1.29. The number of rotatable bonds is 3. The Morgan fingerprint density at radius 3 is 3.05 bits per heavy atom. The van der Waals surface area contributed by atoms with Crippen LogP contribution in [-0.2, 0) is 11.3 Å². The van der Waals surface area contributed by atoms with Gasteiger partial charge in [-0.05, 0) is 36.2 Å². The smallest absolute Gasteiger partial charge is 0.357 e. The fourth-order valence-electron chi connectivity index (χ4n) is 1.89. The predicted octanol–water partition coefficient (Wildman–Crippen LogP) is 3.65. The molecule has 0 N–H and O–H groups in total. The van der Waals surface area contributed by atoms with E-state index in [4.69, 9.17) is 9.15 Å². The first-order valence-electron chi connectivity index (χ1n) is 6.26. The largest absolute Gasteiger partial charge is 0.456 e. The maximum atomic E-state index is 12.0. The molecular formula is C15H11BrN2O3. The van der Waals surface area contributed by atoms with Crippen LogP contribution >= 0.6 is 15.9 Å². The monoisotopic (exact) mass is 346 g/mol. The zero-order valence-electron chi connectivity index (χ0n) is 11.2. The van der Waals surface area contributed by atoms with Crippen molar-refractivity contribution in [2.45, 2.75) is 13.5 Å². The Morgan fingerprint density at radius 2 is 2.19 bits per heavy atom. The number of oxazole rings is 1. The molecule has 0 radical (unpaired) electrons. The number of carbonyl (C=O) groups is 1. The van der Waals surface area contributed by atoms with Gasteiger partial charge in [0, 0.05) is 4.47 Å². The quantitative estimate of drug-likeness (QED) is 0.677. The van der Waals surface area contributed by atoms with Crippen LogP contribution < -0.4 is 0 Å². The molecule has 0 spiro atoms. The summed E-state index contributed by atoms with van der Waals surface area (Å²) >= 11 is 3.45. The summed E-state index contributed by atoms with van der Waals surface area (Å²) in [5, 5.41) is 0. The second-order valence-electron chi connectivity index (χ2n) is 4.47. The van der Waals surface area contributed by atoms with Crippen LogP contribution in [0.2, 0.25) is 0 Å². The molecule has 2 aromatic heterocycles. The first kappa shape index (κ1) is 13.8. The number of hydrogen-bond acceptors (Lipinski definition) is 5. The van der Waals surface area contributed by atoms with Crippen LogP contribution in [0.4, 0.5) is 0 Å². The van der Waals surface area contributed by atoms with Gasteiger partial charge in [-0.3, -0.25) is 0 Å². The molecule has 3 aromatic rings. The average molecular weight is 347 g/mol. The van der Waals surface area contributed by atoms with Crippen molar-refractivity contribution in [3.8, 4) is 0 Å². The van der Waals surface area contributed by atoms with Crippen LogP contribution in [0.1, 0.15) is 21.6 Å². The SMILES string of the molecule is Cc1c(Br)cccc1COC(=O)c1ccc2ocnc2n1. The summed E-state index contributed by atoms with van der Waals surface area (Å²) in [6.45, 7) is 2.16. The average Bonchev–Trinajstić information content (AvgIpc) is 2.96. The third-order valence-electron chi connectivity index (χ3n) is 3.14. The van der Waals surface area contributed by atoms with E-state index in [2.05, 4.69) is 25.9 Å². The molecule has 0 unspecified atom stereocenters. The summed E-state index contributed by atoms with van der Waals surface area (Å²) < 4.78 is 11.4. The van der Waals surface area contributed by atoms with Crippen molar-refractivity contribution >= 4 is 33.1 Å². The van der Waals surface area contributed by atoms with E-state index >= 15 is 0 Å². The van der Waals surface area contributed by atoms with Gasteiger partial charge >= 0.3 is 5.97 Å². The van der Waals surface area contributed by atoms with Gasteiger partial charge in [-0.15, -0.1) is 0 Å². The number of aromatic nitrogens is 2. The van der Waals surface area contributed by atoms with Crippen molar-refractivity contribution in [3.05, 3.63) is 58.0 Å². The second-order valence-corrected chi connectivity index (χ2v) is 5.33. The van der Waals surface area contributed by atoms with Gasteiger partial charge in [-0.25, -0.2) is 9.78 Å². The van der Waals surface area contributed by atoms with E-state index in [1.54, 1.807) is 12.1 Å².